The summed E-state index contributed by atoms with van der Waals surface area (Å²) in [7, 11) is 1.57. The molecule has 1 aromatic carbocycles. The third kappa shape index (κ3) is 21.1. The standard InChI is InChI=1S/C35H57N5O10/c1-6-9-30(42)37-18-21-48-20-16-32(44)40-33(25(2)3)35(46)39-29(10-7-8-17-36-31(43)15-19-49-23-22-47-5)34(45)38-28-13-11-27(12-14-28)24-50-26(4)41/h11-14,25,29,33H,6-10,15-24H2,1-5H3,(H,36,43)(H,37,42)(H,38,45)(H,39,46)(H,40,44)/t29-,33+/m1/s1. The number of hydrogen-bond acceptors (Lipinski definition) is 10. The SMILES string of the molecule is CCCC(=O)NCCOCCC(=O)N[C@H](C(=O)N[C@H](CCCCNC(=O)CCOCCOC)C(=O)Nc1ccc(COC(C)=O)cc1)C(C)C. The number of unbranched alkanes of at least 4 members (excludes halogenated alkanes) is 1. The number of ether oxygens (including phenoxy) is 4. The topological polar surface area (TPSA) is 199 Å². The lowest BCUT2D eigenvalue weighted by molar-refractivity contribution is -0.142. The third-order valence-electron chi connectivity index (χ3n) is 7.23. The van der Waals surface area contributed by atoms with E-state index in [0.717, 1.165) is 12.0 Å². The fourth-order valence-electron chi connectivity index (χ4n) is 4.45. The van der Waals surface area contributed by atoms with Crippen LogP contribution in [0.15, 0.2) is 24.3 Å². The molecule has 0 heterocycles. The fraction of sp³-hybridized carbons (Fsp3) is 0.657. The molecule has 15 heteroatoms. The number of benzene rings is 1. The van der Waals surface area contributed by atoms with Crippen LogP contribution in [0.25, 0.3) is 0 Å². The summed E-state index contributed by atoms with van der Waals surface area (Å²) < 4.78 is 20.7. The van der Waals surface area contributed by atoms with Gasteiger partial charge in [0, 0.05) is 52.1 Å². The molecule has 15 nitrogen and oxygen atoms in total. The average molecular weight is 708 g/mol. The Hall–Kier alpha value is -4.08. The van der Waals surface area contributed by atoms with E-state index in [4.69, 9.17) is 18.9 Å². The molecule has 1 rings (SSSR count). The van der Waals surface area contributed by atoms with E-state index in [1.165, 1.54) is 6.92 Å². The maximum Gasteiger partial charge on any atom is 0.302 e. The van der Waals surface area contributed by atoms with E-state index in [1.807, 2.05) is 6.92 Å². The van der Waals surface area contributed by atoms with Gasteiger partial charge in [0.05, 0.1) is 33.0 Å². The van der Waals surface area contributed by atoms with Crippen molar-refractivity contribution in [2.75, 3.05) is 58.6 Å². The maximum absolute atomic E-state index is 13.4. The normalized spacial score (nSPS) is 12.0. The first-order valence-corrected chi connectivity index (χ1v) is 17.3. The Bertz CT molecular complexity index is 1180. The van der Waals surface area contributed by atoms with Crippen LogP contribution in [-0.4, -0.2) is 101 Å². The van der Waals surface area contributed by atoms with Crippen molar-refractivity contribution in [2.45, 2.75) is 91.3 Å². The molecule has 0 saturated heterocycles. The van der Waals surface area contributed by atoms with Gasteiger partial charge < -0.3 is 45.5 Å². The van der Waals surface area contributed by atoms with E-state index in [-0.39, 0.29) is 69.3 Å². The number of methoxy groups -OCH3 is 1. The Labute approximate surface area is 295 Å². The van der Waals surface area contributed by atoms with Crippen LogP contribution in [0.4, 0.5) is 5.69 Å². The van der Waals surface area contributed by atoms with Gasteiger partial charge in [-0.15, -0.1) is 0 Å². The molecule has 5 N–H and O–H groups in total. The van der Waals surface area contributed by atoms with Crippen molar-refractivity contribution in [3.05, 3.63) is 29.8 Å². The molecule has 0 radical (unpaired) electrons. The van der Waals surface area contributed by atoms with E-state index in [9.17, 15) is 28.8 Å². The maximum atomic E-state index is 13.4. The number of carbonyl (C=O) groups is 6. The van der Waals surface area contributed by atoms with Crippen LogP contribution in [0.1, 0.15) is 78.2 Å². The summed E-state index contributed by atoms with van der Waals surface area (Å²) in [5.41, 5.74) is 1.23. The summed E-state index contributed by atoms with van der Waals surface area (Å²) in [6.07, 6.45) is 2.79. The quantitative estimate of drug-likeness (QED) is 0.0666. The Kier molecular flexibility index (Phi) is 23.5. The molecule has 0 aliphatic carbocycles. The van der Waals surface area contributed by atoms with E-state index < -0.39 is 29.9 Å². The highest BCUT2D eigenvalue weighted by molar-refractivity contribution is 5.98. The first-order chi connectivity index (χ1) is 24.0. The highest BCUT2D eigenvalue weighted by atomic mass is 16.5. The predicted octanol–water partition coefficient (Wildman–Crippen LogP) is 1.98. The summed E-state index contributed by atoms with van der Waals surface area (Å²) in [6.45, 7) is 9.18. The third-order valence-corrected chi connectivity index (χ3v) is 7.23. The van der Waals surface area contributed by atoms with E-state index in [0.29, 0.717) is 51.3 Å². The second-order valence-corrected chi connectivity index (χ2v) is 12.0. The number of amides is 5. The zero-order valence-electron chi connectivity index (χ0n) is 30.2. The number of rotatable bonds is 27. The molecule has 5 amide bonds. The van der Waals surface area contributed by atoms with Crippen molar-refractivity contribution in [3.8, 4) is 0 Å². The van der Waals surface area contributed by atoms with E-state index in [2.05, 4.69) is 26.6 Å². The van der Waals surface area contributed by atoms with Crippen molar-refractivity contribution in [3.63, 3.8) is 0 Å². The van der Waals surface area contributed by atoms with Crippen LogP contribution >= 0.6 is 0 Å². The molecule has 0 aliphatic heterocycles. The smallest absolute Gasteiger partial charge is 0.302 e. The molecular weight excluding hydrogens is 650 g/mol. The van der Waals surface area contributed by atoms with Gasteiger partial charge in [-0.1, -0.05) is 32.9 Å². The Morgan fingerprint density at radius 1 is 0.720 bits per heavy atom. The lowest BCUT2D eigenvalue weighted by atomic mass is 10.0. The number of hydrogen-bond donors (Lipinski definition) is 5. The van der Waals surface area contributed by atoms with Gasteiger partial charge >= 0.3 is 5.97 Å². The fourth-order valence-corrected chi connectivity index (χ4v) is 4.45. The van der Waals surface area contributed by atoms with Crippen LogP contribution in [0.2, 0.25) is 0 Å². The van der Waals surface area contributed by atoms with Crippen molar-refractivity contribution in [1.29, 1.82) is 0 Å². The zero-order valence-corrected chi connectivity index (χ0v) is 30.2. The Morgan fingerprint density at radius 3 is 2.00 bits per heavy atom. The van der Waals surface area contributed by atoms with Gasteiger partial charge in [0.15, 0.2) is 0 Å². The monoisotopic (exact) mass is 707 g/mol. The highest BCUT2D eigenvalue weighted by Crippen LogP contribution is 2.13. The molecule has 0 unspecified atom stereocenters. The molecule has 0 spiro atoms. The average Bonchev–Trinajstić information content (AvgIpc) is 3.07. The Morgan fingerprint density at radius 2 is 1.36 bits per heavy atom. The minimum Gasteiger partial charge on any atom is -0.461 e. The summed E-state index contributed by atoms with van der Waals surface area (Å²) >= 11 is 0. The van der Waals surface area contributed by atoms with E-state index >= 15 is 0 Å². The second-order valence-electron chi connectivity index (χ2n) is 12.0. The van der Waals surface area contributed by atoms with Gasteiger partial charge in [0.2, 0.25) is 29.5 Å². The molecule has 0 aliphatic rings. The first kappa shape index (κ1) is 43.9. The molecule has 282 valence electrons. The molecule has 2 atom stereocenters. The van der Waals surface area contributed by atoms with Crippen LogP contribution in [0.5, 0.6) is 0 Å². The lowest BCUT2D eigenvalue weighted by Gasteiger charge is -2.25. The molecule has 0 fully saturated rings. The van der Waals surface area contributed by atoms with Crippen LogP contribution in [-0.2, 0) is 54.3 Å². The summed E-state index contributed by atoms with van der Waals surface area (Å²) in [4.78, 5) is 74.3. The summed E-state index contributed by atoms with van der Waals surface area (Å²) in [6, 6.07) is 4.93. The number of esters is 1. The van der Waals surface area contributed by atoms with Gasteiger partial charge in [-0.25, -0.2) is 0 Å². The largest absolute Gasteiger partial charge is 0.461 e. The zero-order chi connectivity index (χ0) is 37.1. The van der Waals surface area contributed by atoms with Crippen LogP contribution < -0.4 is 26.6 Å². The van der Waals surface area contributed by atoms with E-state index in [1.54, 1.807) is 45.2 Å². The molecule has 1 aromatic rings. The second kappa shape index (κ2) is 26.7. The first-order valence-electron chi connectivity index (χ1n) is 17.3. The van der Waals surface area contributed by atoms with Gasteiger partial charge in [0.25, 0.3) is 0 Å². The molecule has 0 saturated carbocycles. The molecule has 0 bridgehead atoms. The van der Waals surface area contributed by atoms with Gasteiger partial charge in [-0.2, -0.15) is 0 Å². The van der Waals surface area contributed by atoms with Gasteiger partial charge in [0.1, 0.15) is 18.7 Å². The van der Waals surface area contributed by atoms with Crippen LogP contribution in [0, 0.1) is 5.92 Å². The predicted molar refractivity (Wildman–Crippen MR) is 187 cm³/mol. The minimum atomic E-state index is -0.933. The Balaban J connectivity index is 2.76. The lowest BCUT2D eigenvalue weighted by Crippen LogP contribution is -2.54. The number of nitrogens with one attached hydrogen (secondary N) is 5. The van der Waals surface area contributed by atoms with Gasteiger partial charge in [-0.3, -0.25) is 28.8 Å². The van der Waals surface area contributed by atoms with Crippen LogP contribution in [0.3, 0.4) is 0 Å². The van der Waals surface area contributed by atoms with Crippen molar-refractivity contribution in [1.82, 2.24) is 21.3 Å². The summed E-state index contributed by atoms with van der Waals surface area (Å²) in [5.74, 6) is -2.23. The number of carbonyl (C=O) groups excluding carboxylic acids is 6. The minimum absolute atomic E-state index is 0.0156. The molecular formula is C35H57N5O10. The van der Waals surface area contributed by atoms with Crippen molar-refractivity contribution >= 4 is 41.2 Å². The molecule has 50 heavy (non-hydrogen) atoms. The van der Waals surface area contributed by atoms with Crippen molar-refractivity contribution in [2.24, 2.45) is 5.92 Å². The highest BCUT2D eigenvalue weighted by Gasteiger charge is 2.28. The van der Waals surface area contributed by atoms with Gasteiger partial charge in [-0.05, 0) is 49.3 Å². The number of anilines is 1. The van der Waals surface area contributed by atoms with Crippen molar-refractivity contribution < 1.29 is 47.7 Å². The molecule has 0 aromatic heterocycles. The summed E-state index contributed by atoms with van der Waals surface area (Å²) in [5, 5.41) is 13.9.